The van der Waals surface area contributed by atoms with Crippen LogP contribution in [0.15, 0.2) is 28.7 Å². The SMILES string of the molecule is CC(C)c1cccc2cc(C=O)oc12. The van der Waals surface area contributed by atoms with Gasteiger partial charge in [0.2, 0.25) is 0 Å². The van der Waals surface area contributed by atoms with E-state index in [1.54, 1.807) is 6.07 Å². The van der Waals surface area contributed by atoms with Gasteiger partial charge in [-0.15, -0.1) is 0 Å². The maximum Gasteiger partial charge on any atom is 0.185 e. The van der Waals surface area contributed by atoms with Gasteiger partial charge in [0, 0.05) is 5.39 Å². The van der Waals surface area contributed by atoms with E-state index in [2.05, 4.69) is 13.8 Å². The van der Waals surface area contributed by atoms with Crippen molar-refractivity contribution in [1.82, 2.24) is 0 Å². The standard InChI is InChI=1S/C12H12O2/c1-8(2)11-5-3-4-9-6-10(7-13)14-12(9)11/h3-8H,1-2H3. The molecule has 0 atom stereocenters. The highest BCUT2D eigenvalue weighted by Gasteiger charge is 2.09. The Bertz CT molecular complexity index is 466. The highest BCUT2D eigenvalue weighted by Crippen LogP contribution is 2.27. The first-order chi connectivity index (χ1) is 6.72. The van der Waals surface area contributed by atoms with E-state index in [4.69, 9.17) is 4.42 Å². The van der Waals surface area contributed by atoms with E-state index >= 15 is 0 Å². The van der Waals surface area contributed by atoms with Crippen LogP contribution in [0.3, 0.4) is 0 Å². The molecule has 1 aromatic heterocycles. The predicted octanol–water partition coefficient (Wildman–Crippen LogP) is 3.37. The van der Waals surface area contributed by atoms with E-state index in [-0.39, 0.29) is 0 Å². The monoisotopic (exact) mass is 188 g/mol. The van der Waals surface area contributed by atoms with Crippen molar-refractivity contribution in [2.45, 2.75) is 19.8 Å². The zero-order valence-corrected chi connectivity index (χ0v) is 8.28. The number of hydrogen-bond acceptors (Lipinski definition) is 2. The first kappa shape index (κ1) is 9.00. The third kappa shape index (κ3) is 1.33. The molecule has 0 aliphatic rings. The molecule has 1 heterocycles. The Morgan fingerprint density at radius 3 is 2.79 bits per heavy atom. The maximum atomic E-state index is 10.6. The van der Waals surface area contributed by atoms with Crippen molar-refractivity contribution in [3.8, 4) is 0 Å². The van der Waals surface area contributed by atoms with Crippen LogP contribution in [0.4, 0.5) is 0 Å². The molecule has 14 heavy (non-hydrogen) atoms. The van der Waals surface area contributed by atoms with Gasteiger partial charge in [-0.05, 0) is 17.5 Å². The van der Waals surface area contributed by atoms with Crippen LogP contribution in [0, 0.1) is 0 Å². The Kier molecular flexibility index (Phi) is 2.12. The fourth-order valence-electron chi connectivity index (χ4n) is 1.62. The van der Waals surface area contributed by atoms with Crippen LogP contribution < -0.4 is 0 Å². The number of hydrogen-bond donors (Lipinski definition) is 0. The summed E-state index contributed by atoms with van der Waals surface area (Å²) in [6.07, 6.45) is 0.740. The maximum absolute atomic E-state index is 10.6. The molecule has 0 N–H and O–H groups in total. The molecule has 0 saturated heterocycles. The Labute approximate surface area is 82.5 Å². The zero-order chi connectivity index (χ0) is 10.1. The van der Waals surface area contributed by atoms with Crippen molar-refractivity contribution >= 4 is 17.3 Å². The summed E-state index contributed by atoms with van der Waals surface area (Å²) in [6, 6.07) is 7.75. The second-order valence-electron chi connectivity index (χ2n) is 3.69. The summed E-state index contributed by atoms with van der Waals surface area (Å²) in [4.78, 5) is 10.6. The Hall–Kier alpha value is -1.57. The minimum absolute atomic E-state index is 0.396. The molecule has 0 radical (unpaired) electrons. The number of aldehydes is 1. The molecule has 0 saturated carbocycles. The lowest BCUT2D eigenvalue weighted by molar-refractivity contribution is 0.110. The van der Waals surface area contributed by atoms with Gasteiger partial charge in [0.15, 0.2) is 12.0 Å². The number of furan rings is 1. The highest BCUT2D eigenvalue weighted by molar-refractivity contribution is 5.87. The third-order valence-electron chi connectivity index (χ3n) is 2.33. The summed E-state index contributed by atoms with van der Waals surface area (Å²) >= 11 is 0. The summed E-state index contributed by atoms with van der Waals surface area (Å²) < 4.78 is 5.44. The van der Waals surface area contributed by atoms with Crippen LogP contribution in [0.2, 0.25) is 0 Å². The van der Waals surface area contributed by atoms with E-state index in [0.29, 0.717) is 11.7 Å². The smallest absolute Gasteiger partial charge is 0.185 e. The number of rotatable bonds is 2. The second kappa shape index (κ2) is 3.29. The molecule has 0 amide bonds. The van der Waals surface area contributed by atoms with Crippen LogP contribution >= 0.6 is 0 Å². The van der Waals surface area contributed by atoms with Crippen LogP contribution in [0.1, 0.15) is 35.9 Å². The largest absolute Gasteiger partial charge is 0.453 e. The fraction of sp³-hybridized carbons (Fsp3) is 0.250. The number of carbonyl (C=O) groups excluding carboxylic acids is 1. The quantitative estimate of drug-likeness (QED) is 0.676. The molecule has 2 rings (SSSR count). The van der Waals surface area contributed by atoms with E-state index in [1.807, 2.05) is 18.2 Å². The van der Waals surface area contributed by atoms with Gasteiger partial charge in [0.25, 0.3) is 0 Å². The second-order valence-corrected chi connectivity index (χ2v) is 3.69. The van der Waals surface area contributed by atoms with Gasteiger partial charge in [0.05, 0.1) is 0 Å². The lowest BCUT2D eigenvalue weighted by Crippen LogP contribution is -1.86. The number of benzene rings is 1. The van der Waals surface area contributed by atoms with Gasteiger partial charge >= 0.3 is 0 Å². The van der Waals surface area contributed by atoms with Crippen molar-refractivity contribution in [1.29, 1.82) is 0 Å². The lowest BCUT2D eigenvalue weighted by Gasteiger charge is -2.04. The molecule has 72 valence electrons. The van der Waals surface area contributed by atoms with Gasteiger partial charge < -0.3 is 4.42 Å². The van der Waals surface area contributed by atoms with Gasteiger partial charge in [-0.1, -0.05) is 32.0 Å². The highest BCUT2D eigenvalue weighted by atomic mass is 16.3. The van der Waals surface area contributed by atoms with Crippen LogP contribution in [-0.4, -0.2) is 6.29 Å². The summed E-state index contributed by atoms with van der Waals surface area (Å²) in [6.45, 7) is 4.22. The fourth-order valence-corrected chi connectivity index (χ4v) is 1.62. The lowest BCUT2D eigenvalue weighted by atomic mass is 10.0. The van der Waals surface area contributed by atoms with Crippen molar-refractivity contribution in [2.24, 2.45) is 0 Å². The van der Waals surface area contributed by atoms with Gasteiger partial charge in [-0.2, -0.15) is 0 Å². The average Bonchev–Trinajstić information content (AvgIpc) is 2.59. The average molecular weight is 188 g/mol. The Morgan fingerprint density at radius 2 is 2.14 bits per heavy atom. The molecule has 2 aromatic rings. The predicted molar refractivity (Wildman–Crippen MR) is 55.7 cm³/mol. The number of para-hydroxylation sites is 1. The molecule has 1 aromatic carbocycles. The number of fused-ring (bicyclic) bond motifs is 1. The van der Waals surface area contributed by atoms with Crippen molar-refractivity contribution in [3.63, 3.8) is 0 Å². The van der Waals surface area contributed by atoms with Crippen LogP contribution in [-0.2, 0) is 0 Å². The topological polar surface area (TPSA) is 30.2 Å². The Morgan fingerprint density at radius 1 is 1.36 bits per heavy atom. The summed E-state index contributed by atoms with van der Waals surface area (Å²) in [7, 11) is 0. The minimum Gasteiger partial charge on any atom is -0.453 e. The van der Waals surface area contributed by atoms with E-state index < -0.39 is 0 Å². The van der Waals surface area contributed by atoms with Gasteiger partial charge in [-0.3, -0.25) is 4.79 Å². The minimum atomic E-state index is 0.396. The molecule has 2 heteroatoms. The molecule has 0 bridgehead atoms. The summed E-state index contributed by atoms with van der Waals surface area (Å²) in [5.41, 5.74) is 1.99. The first-order valence-corrected chi connectivity index (χ1v) is 4.70. The molecular formula is C12H12O2. The van der Waals surface area contributed by atoms with E-state index in [0.717, 1.165) is 22.8 Å². The van der Waals surface area contributed by atoms with Crippen molar-refractivity contribution in [3.05, 3.63) is 35.6 Å². The van der Waals surface area contributed by atoms with Gasteiger partial charge in [-0.25, -0.2) is 0 Å². The molecule has 0 unspecified atom stereocenters. The van der Waals surface area contributed by atoms with Crippen LogP contribution in [0.5, 0.6) is 0 Å². The Balaban J connectivity index is 2.72. The molecule has 0 aliphatic heterocycles. The van der Waals surface area contributed by atoms with Crippen LogP contribution in [0.25, 0.3) is 11.0 Å². The van der Waals surface area contributed by atoms with E-state index in [1.165, 1.54) is 0 Å². The molecular weight excluding hydrogens is 176 g/mol. The van der Waals surface area contributed by atoms with E-state index in [9.17, 15) is 4.79 Å². The molecule has 0 fully saturated rings. The van der Waals surface area contributed by atoms with Crippen molar-refractivity contribution in [2.75, 3.05) is 0 Å². The zero-order valence-electron chi connectivity index (χ0n) is 8.28. The molecule has 0 aliphatic carbocycles. The summed E-state index contributed by atoms with van der Waals surface area (Å²) in [5, 5.41) is 0.998. The molecule has 0 spiro atoms. The summed E-state index contributed by atoms with van der Waals surface area (Å²) in [5.74, 6) is 0.803. The normalized spacial score (nSPS) is 11.1. The third-order valence-corrected chi connectivity index (χ3v) is 2.33. The first-order valence-electron chi connectivity index (χ1n) is 4.70. The molecule has 2 nitrogen and oxygen atoms in total. The number of carbonyl (C=O) groups is 1. The van der Waals surface area contributed by atoms with Crippen molar-refractivity contribution < 1.29 is 9.21 Å². The van der Waals surface area contributed by atoms with Gasteiger partial charge in [0.1, 0.15) is 5.58 Å².